The van der Waals surface area contributed by atoms with Crippen LogP contribution in [0.2, 0.25) is 0 Å². The van der Waals surface area contributed by atoms with Crippen molar-refractivity contribution in [3.63, 3.8) is 0 Å². The van der Waals surface area contributed by atoms with Crippen LogP contribution in [0.5, 0.6) is 0 Å². The molecule has 1 amide bonds. The number of methoxy groups -OCH3 is 1. The molecule has 136 valence electrons. The number of para-hydroxylation sites is 1. The number of hydrogen-bond acceptors (Lipinski definition) is 6. The van der Waals surface area contributed by atoms with Crippen molar-refractivity contribution >= 4 is 46.5 Å². The predicted octanol–water partition coefficient (Wildman–Crippen LogP) is 3.06. The quantitative estimate of drug-likeness (QED) is 0.622. The summed E-state index contributed by atoms with van der Waals surface area (Å²) in [6, 6.07) is 12.8. The van der Waals surface area contributed by atoms with Crippen molar-refractivity contribution in [2.45, 2.75) is 0 Å². The van der Waals surface area contributed by atoms with Gasteiger partial charge < -0.3 is 15.2 Å². The van der Waals surface area contributed by atoms with Crippen LogP contribution in [0.25, 0.3) is 6.08 Å². The number of aromatic carboxylic acids is 1. The number of rotatable bonds is 4. The zero-order chi connectivity index (χ0) is 19.4. The molecule has 1 saturated heterocycles. The Morgan fingerprint density at radius 1 is 1.15 bits per heavy atom. The van der Waals surface area contributed by atoms with Crippen molar-refractivity contribution in [3.8, 4) is 0 Å². The number of carboxylic acid groups (broad SMARTS) is 1. The Morgan fingerprint density at radius 2 is 1.85 bits per heavy atom. The van der Waals surface area contributed by atoms with Crippen LogP contribution >= 0.6 is 11.8 Å². The first-order chi connectivity index (χ1) is 13.0. The molecule has 27 heavy (non-hydrogen) atoms. The van der Waals surface area contributed by atoms with Gasteiger partial charge in [-0.1, -0.05) is 24.3 Å². The van der Waals surface area contributed by atoms with Gasteiger partial charge in [0, 0.05) is 0 Å². The second-order valence-corrected chi connectivity index (χ2v) is 6.45. The normalized spacial score (nSPS) is 16.4. The smallest absolute Gasteiger partial charge is 0.340 e. The number of benzene rings is 2. The van der Waals surface area contributed by atoms with E-state index in [0.717, 1.165) is 11.8 Å². The summed E-state index contributed by atoms with van der Waals surface area (Å²) >= 11 is 1.13. The van der Waals surface area contributed by atoms with Gasteiger partial charge in [0.1, 0.15) is 0 Å². The van der Waals surface area contributed by atoms with Gasteiger partial charge in [-0.15, -0.1) is 0 Å². The van der Waals surface area contributed by atoms with E-state index in [4.69, 9.17) is 9.84 Å². The zero-order valence-corrected chi connectivity index (χ0v) is 14.9. The molecule has 3 rings (SSSR count). The van der Waals surface area contributed by atoms with Crippen molar-refractivity contribution in [2.24, 2.45) is 4.99 Å². The topological polar surface area (TPSA) is 105 Å². The summed E-state index contributed by atoms with van der Waals surface area (Å²) in [4.78, 5) is 39.6. The summed E-state index contributed by atoms with van der Waals surface area (Å²) in [5, 5.41) is 11.9. The van der Waals surface area contributed by atoms with E-state index in [1.54, 1.807) is 42.5 Å². The van der Waals surface area contributed by atoms with Crippen molar-refractivity contribution in [2.75, 3.05) is 7.11 Å². The van der Waals surface area contributed by atoms with Crippen LogP contribution in [0, 0.1) is 0 Å². The monoisotopic (exact) mass is 382 g/mol. The number of hydrogen-bond donors (Lipinski definition) is 2. The van der Waals surface area contributed by atoms with E-state index in [-0.39, 0.29) is 11.5 Å². The maximum atomic E-state index is 12.2. The molecule has 1 fully saturated rings. The van der Waals surface area contributed by atoms with Gasteiger partial charge in [0.2, 0.25) is 0 Å². The number of amidine groups is 1. The largest absolute Gasteiger partial charge is 0.478 e. The van der Waals surface area contributed by atoms with E-state index in [0.29, 0.717) is 26.9 Å². The molecule has 0 spiro atoms. The number of aliphatic imine (C=N–C) groups is 1. The minimum atomic E-state index is -1.01. The first-order valence-corrected chi connectivity index (χ1v) is 8.60. The fourth-order valence-electron chi connectivity index (χ4n) is 2.32. The molecule has 1 aliphatic rings. The highest BCUT2D eigenvalue weighted by Crippen LogP contribution is 2.29. The number of esters is 1. The lowest BCUT2D eigenvalue weighted by atomic mass is 10.1. The molecule has 2 N–H and O–H groups in total. The van der Waals surface area contributed by atoms with E-state index >= 15 is 0 Å². The number of nitrogens with one attached hydrogen (secondary N) is 1. The molecule has 2 aromatic carbocycles. The molecule has 2 aromatic rings. The van der Waals surface area contributed by atoms with Crippen molar-refractivity contribution in [1.29, 1.82) is 0 Å². The number of carbonyl (C=O) groups is 3. The van der Waals surface area contributed by atoms with Crippen molar-refractivity contribution < 1.29 is 24.2 Å². The summed E-state index contributed by atoms with van der Waals surface area (Å²) < 4.78 is 4.73. The van der Waals surface area contributed by atoms with Gasteiger partial charge in [-0.3, -0.25) is 4.79 Å². The second-order valence-electron chi connectivity index (χ2n) is 5.42. The number of carbonyl (C=O) groups excluding carboxylic acids is 2. The third kappa shape index (κ3) is 4.24. The minimum absolute atomic E-state index is 0.169. The molecule has 8 heteroatoms. The maximum Gasteiger partial charge on any atom is 0.340 e. The molecule has 1 aliphatic heterocycles. The first-order valence-electron chi connectivity index (χ1n) is 7.78. The third-order valence-electron chi connectivity index (χ3n) is 3.64. The number of carboxylic acids is 1. The van der Waals surface area contributed by atoms with Crippen LogP contribution in [0.4, 0.5) is 5.69 Å². The SMILES string of the molecule is COC(=O)c1ccccc1N=C1NC(=O)/C(=C/c2ccc(C(=O)O)cc2)S1. The van der Waals surface area contributed by atoms with Gasteiger partial charge in [0.25, 0.3) is 5.91 Å². The van der Waals surface area contributed by atoms with Crippen LogP contribution in [-0.4, -0.2) is 35.2 Å². The highest BCUT2D eigenvalue weighted by Gasteiger charge is 2.24. The molecule has 0 aliphatic carbocycles. The fraction of sp³-hybridized carbons (Fsp3) is 0.0526. The maximum absolute atomic E-state index is 12.2. The Bertz CT molecular complexity index is 980. The summed E-state index contributed by atoms with van der Waals surface area (Å²) in [5.74, 6) is -1.85. The van der Waals surface area contributed by atoms with Gasteiger partial charge in [-0.2, -0.15) is 0 Å². The molecule has 0 bridgehead atoms. The van der Waals surface area contributed by atoms with Crippen molar-refractivity contribution in [1.82, 2.24) is 5.32 Å². The Labute approximate surface area is 158 Å². The summed E-state index contributed by atoms with van der Waals surface area (Å²) in [6.45, 7) is 0. The lowest BCUT2D eigenvalue weighted by Crippen LogP contribution is -2.19. The van der Waals surface area contributed by atoms with Gasteiger partial charge in [0.05, 0.1) is 28.8 Å². The van der Waals surface area contributed by atoms with Gasteiger partial charge in [-0.05, 0) is 47.7 Å². The molecule has 0 atom stereocenters. The zero-order valence-electron chi connectivity index (χ0n) is 14.1. The highest BCUT2D eigenvalue weighted by molar-refractivity contribution is 8.18. The van der Waals surface area contributed by atoms with Gasteiger partial charge in [0.15, 0.2) is 5.17 Å². The average molecular weight is 382 g/mol. The van der Waals surface area contributed by atoms with E-state index in [1.165, 1.54) is 19.2 Å². The van der Waals surface area contributed by atoms with E-state index in [1.807, 2.05) is 0 Å². The van der Waals surface area contributed by atoms with E-state index in [9.17, 15) is 14.4 Å². The van der Waals surface area contributed by atoms with Gasteiger partial charge >= 0.3 is 11.9 Å². The second kappa shape index (κ2) is 7.88. The van der Waals surface area contributed by atoms with E-state index in [2.05, 4.69) is 10.3 Å². The van der Waals surface area contributed by atoms with Crippen LogP contribution in [0.1, 0.15) is 26.3 Å². The average Bonchev–Trinajstić information content (AvgIpc) is 3.01. The van der Waals surface area contributed by atoms with Crippen LogP contribution in [0.15, 0.2) is 58.4 Å². The van der Waals surface area contributed by atoms with Gasteiger partial charge in [-0.25, -0.2) is 14.6 Å². The van der Waals surface area contributed by atoms with E-state index < -0.39 is 11.9 Å². The van der Waals surface area contributed by atoms with Crippen LogP contribution in [0.3, 0.4) is 0 Å². The standard InChI is InChI=1S/C19H14N2O5S/c1-26-18(25)13-4-2-3-5-14(13)20-19-21-16(22)15(27-19)10-11-6-8-12(9-7-11)17(23)24/h2-10H,1H3,(H,23,24)(H,20,21,22)/b15-10-. The summed E-state index contributed by atoms with van der Waals surface area (Å²) in [7, 11) is 1.29. The number of thioether (sulfide) groups is 1. The summed E-state index contributed by atoms with van der Waals surface area (Å²) in [5.41, 5.74) is 1.54. The molecule has 0 saturated carbocycles. The lowest BCUT2D eigenvalue weighted by Gasteiger charge is -2.03. The molecule has 0 radical (unpaired) electrons. The molecule has 7 nitrogen and oxygen atoms in total. The first kappa shape index (κ1) is 18.4. The fourth-order valence-corrected chi connectivity index (χ4v) is 3.15. The van der Waals surface area contributed by atoms with Crippen LogP contribution < -0.4 is 5.32 Å². The molecule has 1 heterocycles. The molecule has 0 aromatic heterocycles. The number of nitrogens with zero attached hydrogens (tertiary/aromatic N) is 1. The molecular weight excluding hydrogens is 368 g/mol. The lowest BCUT2D eigenvalue weighted by molar-refractivity contribution is -0.115. The predicted molar refractivity (Wildman–Crippen MR) is 102 cm³/mol. The number of ether oxygens (including phenoxy) is 1. The van der Waals surface area contributed by atoms with Crippen LogP contribution in [-0.2, 0) is 9.53 Å². The Kier molecular flexibility index (Phi) is 5.37. The summed E-state index contributed by atoms with van der Waals surface area (Å²) in [6.07, 6.45) is 1.64. The number of amides is 1. The molecular formula is C19H14N2O5S. The third-order valence-corrected chi connectivity index (χ3v) is 4.55. The Balaban J connectivity index is 1.84. The Hall–Kier alpha value is -3.39. The van der Waals surface area contributed by atoms with Crippen molar-refractivity contribution in [3.05, 3.63) is 70.1 Å². The minimum Gasteiger partial charge on any atom is -0.478 e. The Morgan fingerprint density at radius 3 is 2.52 bits per heavy atom. The highest BCUT2D eigenvalue weighted by atomic mass is 32.2. The molecule has 0 unspecified atom stereocenters.